The van der Waals surface area contributed by atoms with Crippen LogP contribution in [-0.2, 0) is 25.6 Å². The van der Waals surface area contributed by atoms with E-state index < -0.39 is 48.1 Å². The number of aliphatic hydroxyl groups excluding tert-OH is 1. The predicted octanol–water partition coefficient (Wildman–Crippen LogP) is -2.45. The lowest BCUT2D eigenvalue weighted by atomic mass is 10.1. The van der Waals surface area contributed by atoms with Crippen molar-refractivity contribution in [2.75, 3.05) is 12.3 Å². The zero-order valence-corrected chi connectivity index (χ0v) is 17.9. The number of H-pyrrole nitrogens is 1. The molecule has 1 fully saturated rings. The Kier molecular flexibility index (Phi) is 9.27. The molecule has 0 radical (unpaired) electrons. The highest BCUT2D eigenvalue weighted by atomic mass is 32.1. The van der Waals surface area contributed by atoms with Gasteiger partial charge in [-0.25, -0.2) is 9.78 Å². The number of carbonyl (C=O) groups is 4. The third kappa shape index (κ3) is 7.22. The molecule has 2 heterocycles. The number of aromatic amines is 1. The number of aliphatic carboxylic acids is 1. The van der Waals surface area contributed by atoms with Crippen LogP contribution in [0.2, 0.25) is 0 Å². The van der Waals surface area contributed by atoms with E-state index in [-0.39, 0.29) is 18.1 Å². The summed E-state index contributed by atoms with van der Waals surface area (Å²) in [5.74, 6) is -3.41. The van der Waals surface area contributed by atoms with E-state index >= 15 is 0 Å². The fourth-order valence-electron chi connectivity index (χ4n) is 3.11. The zero-order chi connectivity index (χ0) is 23.0. The molecule has 0 spiro atoms. The van der Waals surface area contributed by atoms with Gasteiger partial charge in [-0.1, -0.05) is 0 Å². The maximum absolute atomic E-state index is 12.9. The van der Waals surface area contributed by atoms with Gasteiger partial charge >= 0.3 is 5.97 Å². The first-order valence-corrected chi connectivity index (χ1v) is 10.5. The van der Waals surface area contributed by atoms with Gasteiger partial charge in [-0.05, 0) is 26.3 Å². The van der Waals surface area contributed by atoms with Crippen molar-refractivity contribution in [2.45, 2.75) is 56.5 Å². The highest BCUT2D eigenvalue weighted by Crippen LogP contribution is 2.07. The molecule has 2 rings (SSSR count). The molecule has 7 N–H and O–H groups in total. The number of nitrogens with zero attached hydrogens (tertiary/aromatic N) is 1. The smallest absolute Gasteiger partial charge is 0.327 e. The summed E-state index contributed by atoms with van der Waals surface area (Å²) in [6.07, 6.45) is 3.17. The highest BCUT2D eigenvalue weighted by molar-refractivity contribution is 7.80. The summed E-state index contributed by atoms with van der Waals surface area (Å²) in [6.45, 7) is 1.99. The number of rotatable bonds is 11. The molecule has 1 aliphatic rings. The molecule has 0 saturated carbocycles. The van der Waals surface area contributed by atoms with E-state index in [2.05, 4.69) is 43.9 Å². The fraction of sp³-hybridized carbons (Fsp3) is 0.611. The lowest BCUT2D eigenvalue weighted by Gasteiger charge is -2.26. The molecule has 1 saturated heterocycles. The number of hydrogen-bond acceptors (Lipinski definition) is 8. The number of carboxylic acid groups (broad SMARTS) is 1. The Morgan fingerprint density at radius 2 is 1.97 bits per heavy atom. The average Bonchev–Trinajstić information content (AvgIpc) is 3.42. The van der Waals surface area contributed by atoms with Crippen molar-refractivity contribution in [2.24, 2.45) is 0 Å². The Labute approximate surface area is 184 Å². The number of aliphatic hydroxyl groups is 1. The minimum atomic E-state index is -1.43. The minimum Gasteiger partial charge on any atom is -0.480 e. The number of hydrogen-bond donors (Lipinski definition) is 8. The largest absolute Gasteiger partial charge is 0.480 e. The summed E-state index contributed by atoms with van der Waals surface area (Å²) in [4.78, 5) is 55.8. The molecule has 0 aromatic carbocycles. The van der Waals surface area contributed by atoms with E-state index in [0.29, 0.717) is 18.7 Å². The number of aromatic nitrogens is 2. The van der Waals surface area contributed by atoms with E-state index in [1.807, 2.05) is 0 Å². The van der Waals surface area contributed by atoms with Gasteiger partial charge in [0.05, 0.1) is 18.5 Å². The third-order valence-corrected chi connectivity index (χ3v) is 5.21. The maximum Gasteiger partial charge on any atom is 0.327 e. The van der Waals surface area contributed by atoms with Gasteiger partial charge in [0.15, 0.2) is 0 Å². The summed E-state index contributed by atoms with van der Waals surface area (Å²) in [5, 5.41) is 29.4. The van der Waals surface area contributed by atoms with Crippen LogP contribution in [0.5, 0.6) is 0 Å². The quantitative estimate of drug-likeness (QED) is 0.169. The van der Waals surface area contributed by atoms with Gasteiger partial charge in [0.2, 0.25) is 17.7 Å². The SMILES string of the molecule is C[C@@H](O)[C@H](NC(=O)[C@H](Cc1cnc[nH]1)NC(=O)[C@@H]1CCCN1)C(=O)N[C@@H](CS)C(=O)O. The monoisotopic (exact) mass is 456 g/mol. The Morgan fingerprint density at radius 1 is 1.23 bits per heavy atom. The molecule has 1 aliphatic heterocycles. The molecule has 0 unspecified atom stereocenters. The van der Waals surface area contributed by atoms with Crippen LogP contribution < -0.4 is 21.3 Å². The summed E-state index contributed by atoms with van der Waals surface area (Å²) in [6, 6.07) is -4.19. The lowest BCUT2D eigenvalue weighted by molar-refractivity contribution is -0.142. The number of carbonyl (C=O) groups excluding carboxylic acids is 3. The molecular weight excluding hydrogens is 428 g/mol. The Balaban J connectivity index is 2.11. The first-order valence-electron chi connectivity index (χ1n) is 9.86. The summed E-state index contributed by atoms with van der Waals surface area (Å²) >= 11 is 3.87. The predicted molar refractivity (Wildman–Crippen MR) is 112 cm³/mol. The number of carboxylic acids is 1. The van der Waals surface area contributed by atoms with E-state index in [9.17, 15) is 24.3 Å². The molecule has 1 aromatic heterocycles. The number of amides is 3. The van der Waals surface area contributed by atoms with E-state index in [4.69, 9.17) is 5.11 Å². The molecule has 0 bridgehead atoms. The van der Waals surface area contributed by atoms with Crippen LogP contribution in [0, 0.1) is 0 Å². The van der Waals surface area contributed by atoms with Gasteiger partial charge in [-0.3, -0.25) is 14.4 Å². The molecule has 12 nitrogen and oxygen atoms in total. The van der Waals surface area contributed by atoms with Crippen molar-refractivity contribution in [1.29, 1.82) is 0 Å². The first kappa shape index (κ1) is 24.6. The lowest BCUT2D eigenvalue weighted by Crippen LogP contribution is -2.60. The van der Waals surface area contributed by atoms with Crippen molar-refractivity contribution in [3.63, 3.8) is 0 Å². The fourth-order valence-corrected chi connectivity index (χ4v) is 3.36. The maximum atomic E-state index is 12.9. The Morgan fingerprint density at radius 3 is 2.48 bits per heavy atom. The van der Waals surface area contributed by atoms with Crippen molar-refractivity contribution in [3.05, 3.63) is 18.2 Å². The van der Waals surface area contributed by atoms with Crippen LogP contribution in [-0.4, -0.2) is 86.4 Å². The summed E-state index contributed by atoms with van der Waals surface area (Å²) in [5.41, 5.74) is 0.582. The molecule has 5 atom stereocenters. The van der Waals surface area contributed by atoms with Crippen molar-refractivity contribution in [3.8, 4) is 0 Å². The van der Waals surface area contributed by atoms with Gasteiger partial charge in [0, 0.05) is 24.1 Å². The third-order valence-electron chi connectivity index (χ3n) is 4.85. The van der Waals surface area contributed by atoms with E-state index in [1.54, 1.807) is 0 Å². The van der Waals surface area contributed by atoms with Crippen LogP contribution in [0.25, 0.3) is 0 Å². The standard InChI is InChI=1S/C18H28N6O6S/c1-9(25)14(17(28)23-13(7-31)18(29)30)24-16(27)12(5-10-6-19-8-21-10)22-15(26)11-3-2-4-20-11/h6,8-9,11-14,20,25,31H,2-5,7H2,1H3,(H,19,21)(H,22,26)(H,23,28)(H,24,27)(H,29,30)/t9-,11+,12+,13+,14+/m1/s1. The second kappa shape index (κ2) is 11.7. The van der Waals surface area contributed by atoms with Crippen LogP contribution in [0.1, 0.15) is 25.5 Å². The molecule has 31 heavy (non-hydrogen) atoms. The highest BCUT2D eigenvalue weighted by Gasteiger charge is 2.33. The molecule has 172 valence electrons. The van der Waals surface area contributed by atoms with E-state index in [1.165, 1.54) is 19.4 Å². The van der Waals surface area contributed by atoms with Gasteiger partial charge in [0.25, 0.3) is 0 Å². The van der Waals surface area contributed by atoms with Crippen molar-refractivity contribution in [1.82, 2.24) is 31.2 Å². The minimum absolute atomic E-state index is 0.0762. The van der Waals surface area contributed by atoms with Gasteiger partial charge in [0.1, 0.15) is 18.1 Å². The number of thiol groups is 1. The van der Waals surface area contributed by atoms with Gasteiger partial charge in [-0.2, -0.15) is 12.6 Å². The molecular formula is C18H28N6O6S. The molecule has 1 aromatic rings. The average molecular weight is 457 g/mol. The number of imidazole rings is 1. The van der Waals surface area contributed by atoms with Crippen LogP contribution in [0.3, 0.4) is 0 Å². The normalized spacial score (nSPS) is 19.6. The Hall–Kier alpha value is -2.64. The topological polar surface area (TPSA) is 186 Å². The molecule has 0 aliphatic carbocycles. The first-order chi connectivity index (χ1) is 14.7. The van der Waals surface area contributed by atoms with Crippen LogP contribution in [0.4, 0.5) is 0 Å². The molecule has 3 amide bonds. The Bertz CT molecular complexity index is 768. The molecule has 13 heteroatoms. The summed E-state index contributed by atoms with van der Waals surface area (Å²) in [7, 11) is 0. The number of nitrogens with one attached hydrogen (secondary N) is 5. The van der Waals surface area contributed by atoms with Gasteiger partial charge in [-0.15, -0.1) is 0 Å². The van der Waals surface area contributed by atoms with Crippen LogP contribution in [0.15, 0.2) is 12.5 Å². The van der Waals surface area contributed by atoms with E-state index in [0.717, 1.165) is 6.42 Å². The van der Waals surface area contributed by atoms with Crippen molar-refractivity contribution < 1.29 is 29.4 Å². The second-order valence-electron chi connectivity index (χ2n) is 7.30. The van der Waals surface area contributed by atoms with Crippen molar-refractivity contribution >= 4 is 36.3 Å². The van der Waals surface area contributed by atoms with Gasteiger partial charge < -0.3 is 36.5 Å². The summed E-state index contributed by atoms with van der Waals surface area (Å²) < 4.78 is 0. The zero-order valence-electron chi connectivity index (χ0n) is 17.0. The van der Waals surface area contributed by atoms with Crippen LogP contribution >= 0.6 is 12.6 Å². The second-order valence-corrected chi connectivity index (χ2v) is 7.67.